The lowest BCUT2D eigenvalue weighted by atomic mass is 10.1. The highest BCUT2D eigenvalue weighted by Gasteiger charge is 2.24. The number of hydrogen-bond donors (Lipinski definition) is 1. The molecule has 0 saturated heterocycles. The van der Waals surface area contributed by atoms with E-state index in [1.807, 2.05) is 28.8 Å². The number of aromatic nitrogens is 5. The maximum Gasteiger partial charge on any atom is 0.269 e. The lowest BCUT2D eigenvalue weighted by Crippen LogP contribution is -2.16. The molecule has 3 aromatic rings. The van der Waals surface area contributed by atoms with E-state index in [4.69, 9.17) is 5.73 Å². The first-order valence-corrected chi connectivity index (χ1v) is 6.09. The zero-order valence-electron chi connectivity index (χ0n) is 10.4. The van der Waals surface area contributed by atoms with E-state index in [2.05, 4.69) is 15.1 Å². The highest BCUT2D eigenvalue weighted by Crippen LogP contribution is 2.30. The number of rotatable bonds is 1. The summed E-state index contributed by atoms with van der Waals surface area (Å²) in [6.07, 6.45) is 3.11. The van der Waals surface area contributed by atoms with Crippen molar-refractivity contribution in [3.05, 3.63) is 48.3 Å². The van der Waals surface area contributed by atoms with E-state index in [9.17, 15) is 4.79 Å². The van der Waals surface area contributed by atoms with Gasteiger partial charge in [0.2, 0.25) is 0 Å². The summed E-state index contributed by atoms with van der Waals surface area (Å²) in [5.74, 6) is 0.222. The number of benzene rings is 1. The van der Waals surface area contributed by atoms with Crippen molar-refractivity contribution in [2.75, 3.05) is 0 Å². The van der Waals surface area contributed by atoms with Crippen LogP contribution in [-0.4, -0.2) is 30.2 Å². The van der Waals surface area contributed by atoms with Gasteiger partial charge in [0.25, 0.3) is 5.91 Å². The smallest absolute Gasteiger partial charge is 0.269 e. The summed E-state index contributed by atoms with van der Waals surface area (Å²) in [7, 11) is 0. The first-order valence-electron chi connectivity index (χ1n) is 6.09. The number of primary amides is 1. The molecule has 0 atom stereocenters. The molecule has 4 rings (SSSR count). The molecular formula is C13H10N6O. The van der Waals surface area contributed by atoms with Crippen molar-refractivity contribution >= 4 is 5.91 Å². The first kappa shape index (κ1) is 10.9. The van der Waals surface area contributed by atoms with Crippen LogP contribution in [0.15, 0.2) is 36.9 Å². The molecule has 0 bridgehead atoms. The summed E-state index contributed by atoms with van der Waals surface area (Å²) in [6, 6.07) is 7.79. The van der Waals surface area contributed by atoms with Gasteiger partial charge in [-0.25, -0.2) is 14.6 Å². The molecule has 20 heavy (non-hydrogen) atoms. The molecular weight excluding hydrogens is 256 g/mol. The number of carbonyl (C=O) groups excluding carboxylic acids is 1. The number of imidazole rings is 1. The molecule has 7 heteroatoms. The SMILES string of the molecule is NC(=O)c1ncn2c1Cn1ncnc1-c1ccccc1-2. The second-order valence-corrected chi connectivity index (χ2v) is 4.53. The van der Waals surface area contributed by atoms with Crippen LogP contribution in [-0.2, 0) is 6.54 Å². The third-order valence-electron chi connectivity index (χ3n) is 3.42. The number of fused-ring (bicyclic) bond motifs is 5. The molecule has 98 valence electrons. The number of nitrogens with two attached hydrogens (primary N) is 1. The van der Waals surface area contributed by atoms with Crippen molar-refractivity contribution < 1.29 is 4.79 Å². The predicted octanol–water partition coefficient (Wildman–Crippen LogP) is 0.591. The molecule has 1 aromatic carbocycles. The Morgan fingerprint density at radius 2 is 2.10 bits per heavy atom. The normalized spacial score (nSPS) is 12.2. The van der Waals surface area contributed by atoms with E-state index in [1.165, 1.54) is 6.33 Å². The van der Waals surface area contributed by atoms with Gasteiger partial charge < -0.3 is 5.73 Å². The van der Waals surface area contributed by atoms with Crippen LogP contribution in [0.1, 0.15) is 16.2 Å². The number of nitrogens with zero attached hydrogens (tertiary/aromatic N) is 5. The highest BCUT2D eigenvalue weighted by atomic mass is 16.1. The summed E-state index contributed by atoms with van der Waals surface area (Å²) in [4.78, 5) is 19.9. The lowest BCUT2D eigenvalue weighted by Gasteiger charge is -2.07. The van der Waals surface area contributed by atoms with E-state index in [0.29, 0.717) is 12.2 Å². The van der Waals surface area contributed by atoms with Crippen molar-refractivity contribution in [2.45, 2.75) is 6.54 Å². The second-order valence-electron chi connectivity index (χ2n) is 4.53. The quantitative estimate of drug-likeness (QED) is 0.546. The Morgan fingerprint density at radius 1 is 1.25 bits per heavy atom. The predicted molar refractivity (Wildman–Crippen MR) is 70.2 cm³/mol. The summed E-state index contributed by atoms with van der Waals surface area (Å²) in [5, 5.41) is 4.21. The Balaban J connectivity index is 2.09. The van der Waals surface area contributed by atoms with Crippen molar-refractivity contribution in [1.82, 2.24) is 24.3 Å². The maximum absolute atomic E-state index is 11.5. The van der Waals surface area contributed by atoms with Gasteiger partial charge in [-0.05, 0) is 12.1 Å². The van der Waals surface area contributed by atoms with Crippen LogP contribution < -0.4 is 5.73 Å². The third-order valence-corrected chi connectivity index (χ3v) is 3.42. The summed E-state index contributed by atoms with van der Waals surface area (Å²) in [6.45, 7) is 0.405. The summed E-state index contributed by atoms with van der Waals surface area (Å²) < 4.78 is 3.61. The summed E-state index contributed by atoms with van der Waals surface area (Å²) in [5.41, 5.74) is 8.23. The van der Waals surface area contributed by atoms with Gasteiger partial charge in [0.1, 0.15) is 12.7 Å². The van der Waals surface area contributed by atoms with Gasteiger partial charge in [-0.1, -0.05) is 12.1 Å². The van der Waals surface area contributed by atoms with E-state index < -0.39 is 5.91 Å². The average Bonchev–Trinajstić information content (AvgIpc) is 3.04. The lowest BCUT2D eigenvalue weighted by molar-refractivity contribution is 0.0995. The molecule has 0 unspecified atom stereocenters. The maximum atomic E-state index is 11.5. The highest BCUT2D eigenvalue weighted by molar-refractivity contribution is 5.92. The molecule has 0 radical (unpaired) electrons. The van der Waals surface area contributed by atoms with Crippen LogP contribution in [0.5, 0.6) is 0 Å². The van der Waals surface area contributed by atoms with E-state index in [-0.39, 0.29) is 5.69 Å². The van der Waals surface area contributed by atoms with Gasteiger partial charge in [-0.15, -0.1) is 0 Å². The van der Waals surface area contributed by atoms with Crippen molar-refractivity contribution in [1.29, 1.82) is 0 Å². The Morgan fingerprint density at radius 3 is 2.95 bits per heavy atom. The van der Waals surface area contributed by atoms with Crippen LogP contribution in [0.25, 0.3) is 17.1 Å². The van der Waals surface area contributed by atoms with Gasteiger partial charge in [0.05, 0.1) is 17.9 Å². The molecule has 1 aliphatic heterocycles. The molecule has 0 fully saturated rings. The minimum absolute atomic E-state index is 0.267. The largest absolute Gasteiger partial charge is 0.364 e. The van der Waals surface area contributed by atoms with E-state index >= 15 is 0 Å². The Bertz CT molecular complexity index is 831. The Labute approximate surface area is 113 Å². The second kappa shape index (κ2) is 3.77. The number of carbonyl (C=O) groups is 1. The third kappa shape index (κ3) is 1.34. The molecule has 0 spiro atoms. The van der Waals surface area contributed by atoms with Crippen LogP contribution in [0.3, 0.4) is 0 Å². The Hall–Kier alpha value is -2.96. The fourth-order valence-corrected chi connectivity index (χ4v) is 2.54. The summed E-state index contributed by atoms with van der Waals surface area (Å²) >= 11 is 0. The van der Waals surface area contributed by atoms with Crippen LogP contribution in [0.2, 0.25) is 0 Å². The minimum atomic E-state index is -0.542. The molecule has 1 aliphatic rings. The van der Waals surface area contributed by atoms with Crippen molar-refractivity contribution in [2.24, 2.45) is 5.73 Å². The molecule has 2 N–H and O–H groups in total. The molecule has 0 saturated carbocycles. The van der Waals surface area contributed by atoms with Gasteiger partial charge >= 0.3 is 0 Å². The zero-order chi connectivity index (χ0) is 13.7. The topological polar surface area (TPSA) is 91.6 Å². The fourth-order valence-electron chi connectivity index (χ4n) is 2.54. The molecule has 1 amide bonds. The average molecular weight is 266 g/mol. The van der Waals surface area contributed by atoms with Gasteiger partial charge in [-0.2, -0.15) is 5.10 Å². The van der Waals surface area contributed by atoms with Crippen molar-refractivity contribution in [3.63, 3.8) is 0 Å². The number of hydrogen-bond acceptors (Lipinski definition) is 4. The number of amides is 1. The standard InChI is InChI=1S/C13H10N6O/c14-12(20)11-10-5-19-13(15-6-17-19)8-3-1-2-4-9(8)18(10)7-16-11/h1-4,6-7H,5H2,(H2,14,20). The first-order chi connectivity index (χ1) is 9.75. The number of para-hydroxylation sites is 1. The molecule has 7 nitrogen and oxygen atoms in total. The fraction of sp³-hybridized carbons (Fsp3) is 0.0769. The van der Waals surface area contributed by atoms with Gasteiger partial charge in [0, 0.05) is 5.56 Å². The van der Waals surface area contributed by atoms with Crippen LogP contribution in [0.4, 0.5) is 0 Å². The molecule has 2 aromatic heterocycles. The monoisotopic (exact) mass is 266 g/mol. The van der Waals surface area contributed by atoms with Crippen LogP contribution in [0, 0.1) is 0 Å². The van der Waals surface area contributed by atoms with Gasteiger partial charge in [-0.3, -0.25) is 9.36 Å². The van der Waals surface area contributed by atoms with Crippen LogP contribution >= 0.6 is 0 Å². The van der Waals surface area contributed by atoms with Crippen molar-refractivity contribution in [3.8, 4) is 17.1 Å². The Kier molecular flexibility index (Phi) is 2.06. The van der Waals surface area contributed by atoms with E-state index in [0.717, 1.165) is 17.1 Å². The van der Waals surface area contributed by atoms with Gasteiger partial charge in [0.15, 0.2) is 11.5 Å². The zero-order valence-corrected chi connectivity index (χ0v) is 10.4. The molecule has 3 heterocycles. The minimum Gasteiger partial charge on any atom is -0.364 e. The van der Waals surface area contributed by atoms with E-state index in [1.54, 1.807) is 11.0 Å². The molecule has 0 aliphatic carbocycles.